The summed E-state index contributed by atoms with van der Waals surface area (Å²) in [5, 5.41) is 0. The largest absolute Gasteiger partial charge is 0.462 e. The van der Waals surface area contributed by atoms with E-state index in [1.807, 2.05) is 21.0 Å². The molecule has 1 aromatic heterocycles. The zero-order valence-electron chi connectivity index (χ0n) is 11.3. The van der Waals surface area contributed by atoms with Crippen LogP contribution >= 0.6 is 0 Å². The van der Waals surface area contributed by atoms with Crippen molar-refractivity contribution >= 4 is 0 Å². The molecule has 0 unspecified atom stereocenters. The highest BCUT2D eigenvalue weighted by molar-refractivity contribution is 5.17. The Morgan fingerprint density at radius 3 is 2.53 bits per heavy atom. The molecule has 0 aromatic carbocycles. The second-order valence-electron chi connectivity index (χ2n) is 4.96. The minimum absolute atomic E-state index is 0.0518. The summed E-state index contributed by atoms with van der Waals surface area (Å²) in [5.74, 6) is 0. The Hall–Kier alpha value is -1.20. The van der Waals surface area contributed by atoms with Crippen molar-refractivity contribution in [1.29, 1.82) is 0 Å². The number of hydrogen-bond donors (Lipinski definition) is 1. The van der Waals surface area contributed by atoms with Gasteiger partial charge in [-0.1, -0.05) is 0 Å². The molecule has 17 heavy (non-hydrogen) atoms. The highest BCUT2D eigenvalue weighted by Gasteiger charge is 2.21. The molecule has 1 heterocycles. The van der Waals surface area contributed by atoms with Gasteiger partial charge in [-0.25, -0.2) is 9.97 Å². The molecule has 0 radical (unpaired) electrons. The first kappa shape index (κ1) is 13.9. The third kappa shape index (κ3) is 3.64. The van der Waals surface area contributed by atoms with Crippen LogP contribution in [0.3, 0.4) is 0 Å². The number of nitrogens with zero attached hydrogens (tertiary/aromatic N) is 3. The summed E-state index contributed by atoms with van der Waals surface area (Å²) in [6.45, 7) is 7.12. The van der Waals surface area contributed by atoms with Crippen LogP contribution in [-0.4, -0.2) is 41.1 Å². The van der Waals surface area contributed by atoms with Crippen molar-refractivity contribution in [3.8, 4) is 6.01 Å². The molecule has 0 saturated carbocycles. The molecule has 0 aliphatic rings. The second-order valence-corrected chi connectivity index (χ2v) is 4.96. The Kier molecular flexibility index (Phi) is 4.42. The van der Waals surface area contributed by atoms with Gasteiger partial charge < -0.3 is 15.4 Å². The lowest BCUT2D eigenvalue weighted by atomic mass is 10.1. The number of hydrogen-bond acceptors (Lipinski definition) is 5. The summed E-state index contributed by atoms with van der Waals surface area (Å²) in [7, 11) is 4.04. The van der Waals surface area contributed by atoms with Crippen molar-refractivity contribution < 1.29 is 4.74 Å². The molecule has 0 aliphatic heterocycles. The van der Waals surface area contributed by atoms with E-state index in [2.05, 4.69) is 28.7 Å². The van der Waals surface area contributed by atoms with Crippen molar-refractivity contribution in [2.75, 3.05) is 20.7 Å². The lowest BCUT2D eigenvalue weighted by Crippen LogP contribution is -2.43. The summed E-state index contributed by atoms with van der Waals surface area (Å²) in [6, 6.07) is 0.412. The number of aryl methyl sites for hydroxylation is 1. The topological polar surface area (TPSA) is 64.3 Å². The number of likely N-dealkylation sites (N-methyl/N-ethyl adjacent to an activating group) is 1. The maximum absolute atomic E-state index is 5.61. The first-order valence-corrected chi connectivity index (χ1v) is 5.69. The van der Waals surface area contributed by atoms with Gasteiger partial charge in [0, 0.05) is 29.5 Å². The van der Waals surface area contributed by atoms with Gasteiger partial charge in [-0.3, -0.25) is 0 Å². The molecular weight excluding hydrogens is 216 g/mol. The Bertz CT molecular complexity index is 377. The molecule has 0 atom stereocenters. The summed E-state index contributed by atoms with van der Waals surface area (Å²) in [4.78, 5) is 10.5. The van der Waals surface area contributed by atoms with Gasteiger partial charge >= 0.3 is 6.01 Å². The Morgan fingerprint density at radius 2 is 2.06 bits per heavy atom. The van der Waals surface area contributed by atoms with Crippen molar-refractivity contribution in [2.45, 2.75) is 32.9 Å². The molecule has 0 aliphatic carbocycles. The van der Waals surface area contributed by atoms with Gasteiger partial charge in [0.05, 0.1) is 0 Å². The van der Waals surface area contributed by atoms with E-state index in [1.54, 1.807) is 6.20 Å². The first-order valence-electron chi connectivity index (χ1n) is 5.69. The van der Waals surface area contributed by atoms with Gasteiger partial charge in [-0.05, 0) is 34.9 Å². The number of nitrogens with two attached hydrogens (primary N) is 1. The molecule has 2 N–H and O–H groups in total. The number of rotatable bonds is 5. The summed E-state index contributed by atoms with van der Waals surface area (Å²) < 4.78 is 5.61. The number of aromatic nitrogens is 2. The molecular formula is C12H22N4O. The lowest BCUT2D eigenvalue weighted by Gasteiger charge is -2.31. The zero-order chi connectivity index (χ0) is 13.1. The molecule has 5 heteroatoms. The van der Waals surface area contributed by atoms with E-state index in [-0.39, 0.29) is 5.54 Å². The monoisotopic (exact) mass is 238 g/mol. The third-order valence-electron chi connectivity index (χ3n) is 3.04. The van der Waals surface area contributed by atoms with Crippen LogP contribution in [0.4, 0.5) is 0 Å². The Labute approximate surface area is 103 Å². The Morgan fingerprint density at radius 1 is 1.41 bits per heavy atom. The van der Waals surface area contributed by atoms with Gasteiger partial charge in [0.1, 0.15) is 6.61 Å². The predicted octanol–water partition coefficient (Wildman–Crippen LogP) is 0.963. The van der Waals surface area contributed by atoms with Crippen molar-refractivity contribution in [1.82, 2.24) is 14.9 Å². The van der Waals surface area contributed by atoms with Gasteiger partial charge in [0.25, 0.3) is 0 Å². The SMILES string of the molecule is Cc1nc(OCC(C)(C)N(C)C)ncc1CN. The van der Waals surface area contributed by atoms with Crippen LogP contribution in [0.15, 0.2) is 6.20 Å². The van der Waals surface area contributed by atoms with E-state index in [0.717, 1.165) is 11.3 Å². The zero-order valence-corrected chi connectivity index (χ0v) is 11.3. The normalized spacial score (nSPS) is 11.9. The summed E-state index contributed by atoms with van der Waals surface area (Å²) in [5.41, 5.74) is 7.33. The molecule has 96 valence electrons. The van der Waals surface area contributed by atoms with E-state index in [9.17, 15) is 0 Å². The first-order chi connectivity index (χ1) is 7.86. The molecule has 0 amide bonds. The van der Waals surface area contributed by atoms with Crippen molar-refractivity contribution in [3.63, 3.8) is 0 Å². The lowest BCUT2D eigenvalue weighted by molar-refractivity contribution is 0.107. The maximum Gasteiger partial charge on any atom is 0.316 e. The Balaban J connectivity index is 2.67. The second kappa shape index (κ2) is 5.42. The van der Waals surface area contributed by atoms with Gasteiger partial charge in [-0.15, -0.1) is 0 Å². The third-order valence-corrected chi connectivity index (χ3v) is 3.04. The van der Waals surface area contributed by atoms with Crippen LogP contribution in [0.1, 0.15) is 25.1 Å². The fraction of sp³-hybridized carbons (Fsp3) is 0.667. The van der Waals surface area contributed by atoms with Gasteiger partial charge in [-0.2, -0.15) is 0 Å². The minimum atomic E-state index is -0.0518. The maximum atomic E-state index is 5.61. The molecule has 5 nitrogen and oxygen atoms in total. The fourth-order valence-electron chi connectivity index (χ4n) is 1.11. The average molecular weight is 238 g/mol. The van der Waals surface area contributed by atoms with Crippen LogP contribution in [-0.2, 0) is 6.54 Å². The smallest absolute Gasteiger partial charge is 0.316 e. The highest BCUT2D eigenvalue weighted by atomic mass is 16.5. The summed E-state index contributed by atoms with van der Waals surface area (Å²) in [6.07, 6.45) is 1.72. The predicted molar refractivity (Wildman–Crippen MR) is 67.9 cm³/mol. The van der Waals surface area contributed by atoms with Crippen molar-refractivity contribution in [2.24, 2.45) is 5.73 Å². The molecule has 0 fully saturated rings. The van der Waals surface area contributed by atoms with Gasteiger partial charge in [0.2, 0.25) is 0 Å². The van der Waals surface area contributed by atoms with Crippen LogP contribution in [0, 0.1) is 6.92 Å². The molecule has 1 aromatic rings. The van der Waals surface area contributed by atoms with Crippen LogP contribution in [0.5, 0.6) is 6.01 Å². The van der Waals surface area contributed by atoms with Crippen LogP contribution < -0.4 is 10.5 Å². The van der Waals surface area contributed by atoms with Crippen molar-refractivity contribution in [3.05, 3.63) is 17.5 Å². The minimum Gasteiger partial charge on any atom is -0.462 e. The van der Waals surface area contributed by atoms with Crippen LogP contribution in [0.2, 0.25) is 0 Å². The number of ether oxygens (including phenoxy) is 1. The fourth-order valence-corrected chi connectivity index (χ4v) is 1.11. The molecule has 0 spiro atoms. The molecule has 0 saturated heterocycles. The quantitative estimate of drug-likeness (QED) is 0.828. The van der Waals surface area contributed by atoms with E-state index in [0.29, 0.717) is 19.2 Å². The molecule has 1 rings (SSSR count). The average Bonchev–Trinajstić information content (AvgIpc) is 2.26. The van der Waals surface area contributed by atoms with E-state index in [1.165, 1.54) is 0 Å². The molecule has 0 bridgehead atoms. The van der Waals surface area contributed by atoms with E-state index in [4.69, 9.17) is 10.5 Å². The summed E-state index contributed by atoms with van der Waals surface area (Å²) >= 11 is 0. The highest BCUT2D eigenvalue weighted by Crippen LogP contribution is 2.13. The van der Waals surface area contributed by atoms with E-state index < -0.39 is 0 Å². The van der Waals surface area contributed by atoms with Crippen LogP contribution in [0.25, 0.3) is 0 Å². The van der Waals surface area contributed by atoms with Gasteiger partial charge in [0.15, 0.2) is 0 Å². The standard InChI is InChI=1S/C12H22N4O/c1-9-10(6-13)7-14-11(15-9)17-8-12(2,3)16(4)5/h7H,6,8,13H2,1-5H3. The van der Waals surface area contributed by atoms with E-state index >= 15 is 0 Å².